The third-order valence-electron chi connectivity index (χ3n) is 6.23. The number of carbonyl (C=O) groups is 1. The summed E-state index contributed by atoms with van der Waals surface area (Å²) in [7, 11) is 0. The Kier molecular flexibility index (Phi) is 7.75. The van der Waals surface area contributed by atoms with Crippen molar-refractivity contribution >= 4 is 34.8 Å². The molecule has 2 aromatic rings. The maximum atomic E-state index is 12.3. The van der Waals surface area contributed by atoms with Crippen LogP contribution in [-0.4, -0.2) is 59.9 Å². The van der Waals surface area contributed by atoms with Gasteiger partial charge in [0.2, 0.25) is 0 Å². The molecule has 6 nitrogen and oxygen atoms in total. The Morgan fingerprint density at radius 2 is 1.87 bits per heavy atom. The molecule has 0 saturated carbocycles. The van der Waals surface area contributed by atoms with Gasteiger partial charge >= 0.3 is 0 Å². The molecule has 0 aliphatic carbocycles. The highest BCUT2D eigenvalue weighted by Gasteiger charge is 2.19. The highest BCUT2D eigenvalue weighted by molar-refractivity contribution is 6.43. The predicted octanol–water partition coefficient (Wildman–Crippen LogP) is 4.25. The van der Waals surface area contributed by atoms with Gasteiger partial charge in [-0.05, 0) is 56.8 Å². The number of hydrogen-bond acceptors (Lipinski definition) is 4. The van der Waals surface area contributed by atoms with E-state index in [4.69, 9.17) is 23.2 Å². The molecule has 31 heavy (non-hydrogen) atoms. The van der Waals surface area contributed by atoms with Gasteiger partial charge in [-0.15, -0.1) is 0 Å². The second-order valence-electron chi connectivity index (χ2n) is 8.42. The van der Waals surface area contributed by atoms with Crippen LogP contribution >= 0.6 is 23.2 Å². The number of anilines is 1. The van der Waals surface area contributed by atoms with Gasteiger partial charge in [-0.2, -0.15) is 5.10 Å². The summed E-state index contributed by atoms with van der Waals surface area (Å²) in [5.74, 6) is -0.0438. The zero-order valence-electron chi connectivity index (χ0n) is 18.0. The van der Waals surface area contributed by atoms with Gasteiger partial charge in [-0.25, -0.2) is 0 Å². The molecule has 0 radical (unpaired) electrons. The lowest BCUT2D eigenvalue weighted by Gasteiger charge is -2.36. The standard InChI is InChI=1S/C23H31Cl2N5O/c24-19-8-6-9-21(22(19)25)29-15-13-28(14-16-29)11-4-1-3-10-26-23(31)20-17-18-7-2-5-12-30(18)27-20/h6,8-9,17H,1-5,7,10-16H2,(H,26,31). The SMILES string of the molecule is O=C(NCCCCCN1CCN(c2cccc(Cl)c2Cl)CC1)c1cc2n(n1)CCCC2. The van der Waals surface area contributed by atoms with Crippen LogP contribution in [0.1, 0.15) is 48.3 Å². The van der Waals surface area contributed by atoms with Gasteiger partial charge in [0.05, 0.1) is 15.7 Å². The molecule has 1 saturated heterocycles. The van der Waals surface area contributed by atoms with E-state index in [1.165, 1.54) is 12.1 Å². The van der Waals surface area contributed by atoms with Crippen molar-refractivity contribution < 1.29 is 4.79 Å². The van der Waals surface area contributed by atoms with E-state index in [0.29, 0.717) is 22.3 Å². The van der Waals surface area contributed by atoms with Crippen molar-refractivity contribution in [2.75, 3.05) is 44.2 Å². The molecule has 0 bridgehead atoms. The molecule has 1 fully saturated rings. The molecule has 1 amide bonds. The van der Waals surface area contributed by atoms with E-state index in [0.717, 1.165) is 77.1 Å². The fraction of sp³-hybridized carbons (Fsp3) is 0.565. The molecular formula is C23H31Cl2N5O. The number of aromatic nitrogens is 2. The van der Waals surface area contributed by atoms with Gasteiger partial charge in [0.1, 0.15) is 5.69 Å². The fourth-order valence-electron chi connectivity index (χ4n) is 4.41. The number of piperazine rings is 1. The van der Waals surface area contributed by atoms with E-state index < -0.39 is 0 Å². The van der Waals surface area contributed by atoms with Crippen LogP contribution in [0.15, 0.2) is 24.3 Å². The number of carbonyl (C=O) groups excluding carboxylic acids is 1. The number of aryl methyl sites for hydroxylation is 2. The summed E-state index contributed by atoms with van der Waals surface area (Å²) >= 11 is 12.5. The first-order valence-electron chi connectivity index (χ1n) is 11.4. The van der Waals surface area contributed by atoms with E-state index in [9.17, 15) is 4.79 Å². The van der Waals surface area contributed by atoms with Crippen LogP contribution in [-0.2, 0) is 13.0 Å². The number of amides is 1. The van der Waals surface area contributed by atoms with Gasteiger partial charge < -0.3 is 10.2 Å². The molecule has 3 heterocycles. The largest absolute Gasteiger partial charge is 0.368 e. The molecule has 1 aromatic heterocycles. The van der Waals surface area contributed by atoms with Crippen LogP contribution in [0, 0.1) is 0 Å². The quantitative estimate of drug-likeness (QED) is 0.594. The monoisotopic (exact) mass is 463 g/mol. The Labute approximate surface area is 194 Å². The summed E-state index contributed by atoms with van der Waals surface area (Å²) in [5.41, 5.74) is 2.78. The Balaban J connectivity index is 1.10. The topological polar surface area (TPSA) is 53.4 Å². The molecule has 2 aliphatic rings. The maximum Gasteiger partial charge on any atom is 0.271 e. The molecule has 1 aromatic carbocycles. The summed E-state index contributed by atoms with van der Waals surface area (Å²) in [6.07, 6.45) is 6.63. The fourth-order valence-corrected chi connectivity index (χ4v) is 4.82. The zero-order valence-corrected chi connectivity index (χ0v) is 19.5. The molecule has 4 rings (SSSR count). The van der Waals surface area contributed by atoms with Crippen LogP contribution in [0.4, 0.5) is 5.69 Å². The van der Waals surface area contributed by atoms with Crippen molar-refractivity contribution in [3.05, 3.63) is 45.7 Å². The average molecular weight is 464 g/mol. The minimum Gasteiger partial charge on any atom is -0.368 e. The highest BCUT2D eigenvalue weighted by Crippen LogP contribution is 2.32. The van der Waals surface area contributed by atoms with Gasteiger partial charge in [0, 0.05) is 45.0 Å². The van der Waals surface area contributed by atoms with Crippen LogP contribution in [0.2, 0.25) is 10.0 Å². The first-order valence-corrected chi connectivity index (χ1v) is 12.1. The summed E-state index contributed by atoms with van der Waals surface area (Å²) in [6, 6.07) is 7.77. The molecule has 0 spiro atoms. The molecule has 168 valence electrons. The molecular weight excluding hydrogens is 433 g/mol. The van der Waals surface area contributed by atoms with E-state index in [1.54, 1.807) is 0 Å². The third-order valence-corrected chi connectivity index (χ3v) is 7.04. The van der Waals surface area contributed by atoms with E-state index in [2.05, 4.69) is 20.2 Å². The number of nitrogens with zero attached hydrogens (tertiary/aromatic N) is 4. The van der Waals surface area contributed by atoms with Crippen molar-refractivity contribution in [1.82, 2.24) is 20.0 Å². The number of unbranched alkanes of at least 4 members (excludes halogenated alkanes) is 2. The Morgan fingerprint density at radius 1 is 1.03 bits per heavy atom. The number of nitrogens with one attached hydrogen (secondary N) is 1. The number of fused-ring (bicyclic) bond motifs is 1. The van der Waals surface area contributed by atoms with Gasteiger partial charge in [-0.3, -0.25) is 14.4 Å². The lowest BCUT2D eigenvalue weighted by molar-refractivity contribution is 0.0947. The molecule has 0 atom stereocenters. The highest BCUT2D eigenvalue weighted by atomic mass is 35.5. The van der Waals surface area contributed by atoms with E-state index >= 15 is 0 Å². The number of hydrogen-bond donors (Lipinski definition) is 1. The molecule has 8 heteroatoms. The van der Waals surface area contributed by atoms with Crippen molar-refractivity contribution in [1.29, 1.82) is 0 Å². The lowest BCUT2D eigenvalue weighted by Crippen LogP contribution is -2.46. The average Bonchev–Trinajstić information content (AvgIpc) is 3.23. The maximum absolute atomic E-state index is 12.3. The summed E-state index contributed by atoms with van der Waals surface area (Å²) in [6.45, 7) is 6.73. The Morgan fingerprint density at radius 3 is 2.68 bits per heavy atom. The van der Waals surface area contributed by atoms with Crippen LogP contribution < -0.4 is 10.2 Å². The second kappa shape index (κ2) is 10.7. The molecule has 2 aliphatic heterocycles. The first-order chi connectivity index (χ1) is 15.1. The van der Waals surface area contributed by atoms with E-state index in [-0.39, 0.29) is 5.91 Å². The predicted molar refractivity (Wildman–Crippen MR) is 126 cm³/mol. The summed E-state index contributed by atoms with van der Waals surface area (Å²) < 4.78 is 1.98. The van der Waals surface area contributed by atoms with E-state index in [1.807, 2.05) is 28.9 Å². The van der Waals surface area contributed by atoms with Crippen molar-refractivity contribution in [2.24, 2.45) is 0 Å². The summed E-state index contributed by atoms with van der Waals surface area (Å²) in [4.78, 5) is 17.1. The normalized spacial score (nSPS) is 16.9. The van der Waals surface area contributed by atoms with Gasteiger partial charge in [0.15, 0.2) is 0 Å². The van der Waals surface area contributed by atoms with Gasteiger partial charge in [-0.1, -0.05) is 35.7 Å². The van der Waals surface area contributed by atoms with Crippen LogP contribution in [0.25, 0.3) is 0 Å². The smallest absolute Gasteiger partial charge is 0.271 e. The van der Waals surface area contributed by atoms with Crippen LogP contribution in [0.5, 0.6) is 0 Å². The Bertz CT molecular complexity index is 869. The van der Waals surface area contributed by atoms with Crippen molar-refractivity contribution in [3.63, 3.8) is 0 Å². The second-order valence-corrected chi connectivity index (χ2v) is 9.20. The van der Waals surface area contributed by atoms with Gasteiger partial charge in [0.25, 0.3) is 5.91 Å². The lowest BCUT2D eigenvalue weighted by atomic mass is 10.1. The van der Waals surface area contributed by atoms with Crippen LogP contribution in [0.3, 0.4) is 0 Å². The van der Waals surface area contributed by atoms with Crippen molar-refractivity contribution in [3.8, 4) is 0 Å². The van der Waals surface area contributed by atoms with Crippen molar-refractivity contribution in [2.45, 2.75) is 45.1 Å². The molecule has 1 N–H and O–H groups in total. The molecule has 0 unspecified atom stereocenters. The Hall–Kier alpha value is -1.76. The number of benzene rings is 1. The third kappa shape index (κ3) is 5.73. The minimum absolute atomic E-state index is 0.0438. The first kappa shape index (κ1) is 22.4. The minimum atomic E-state index is -0.0438. The number of halogens is 2. The number of rotatable bonds is 8. The summed E-state index contributed by atoms with van der Waals surface area (Å²) in [5, 5.41) is 8.73. The zero-order chi connectivity index (χ0) is 21.6.